The number of benzene rings is 4. The summed E-state index contributed by atoms with van der Waals surface area (Å²) in [5, 5.41) is 6.44. The molecule has 0 aromatic heterocycles. The molecule has 0 radical (unpaired) electrons. The predicted octanol–water partition coefficient (Wildman–Crippen LogP) is 5.91. The third kappa shape index (κ3) is 5.15. The molecule has 1 atom stereocenters. The van der Waals surface area contributed by atoms with Crippen molar-refractivity contribution in [2.45, 2.75) is 0 Å². The summed E-state index contributed by atoms with van der Waals surface area (Å²) in [5.74, 6) is 0. The molecule has 4 aromatic carbocycles. The summed E-state index contributed by atoms with van der Waals surface area (Å²) in [5.41, 5.74) is 0. The minimum Gasteiger partial charge on any atom is -0.0836 e. The van der Waals surface area contributed by atoms with Crippen molar-refractivity contribution in [1.82, 2.24) is 0 Å². The summed E-state index contributed by atoms with van der Waals surface area (Å²) in [6, 6.07) is 41.1. The van der Waals surface area contributed by atoms with Crippen molar-refractivity contribution in [3.8, 4) is 0 Å². The van der Waals surface area contributed by atoms with E-state index in [-0.39, 0.29) is 0 Å². The number of hydrogen-bond acceptors (Lipinski definition) is 0. The predicted molar refractivity (Wildman–Crippen MR) is 133 cm³/mol. The highest BCUT2D eigenvalue weighted by atomic mass is 35.5. The maximum atomic E-state index is 6.64. The molecule has 3 heteroatoms. The lowest BCUT2D eigenvalue weighted by Crippen LogP contribution is -2.20. The number of rotatable bonds is 7. The molecule has 0 aliphatic rings. The lowest BCUT2D eigenvalue weighted by molar-refractivity contribution is 1.51. The van der Waals surface area contributed by atoms with Crippen LogP contribution in [0.3, 0.4) is 0 Å². The molecule has 1 unspecified atom stereocenters. The van der Waals surface area contributed by atoms with Crippen molar-refractivity contribution in [3.63, 3.8) is 0 Å². The average molecular weight is 433 g/mol. The summed E-state index contributed by atoms with van der Waals surface area (Å²) in [6.07, 6.45) is 2.27. The highest BCUT2D eigenvalue weighted by molar-refractivity contribution is 7.76. The average Bonchev–Trinajstić information content (AvgIpc) is 2.79. The normalized spacial score (nSPS) is 12.1. The van der Waals surface area contributed by atoms with Gasteiger partial charge in [0.2, 0.25) is 0 Å². The standard InChI is InChI=1S/C26H23ClP2/c27-25-18-10-11-19-26(25)29(24-16-8-3-9-17-24)21-20-28(22-12-4-1-5-13-22)23-14-6-2-7-15-23/h1-19H,20-21H2. The lowest BCUT2D eigenvalue weighted by Gasteiger charge is -2.24. The second-order valence-electron chi connectivity index (χ2n) is 6.76. The van der Waals surface area contributed by atoms with Crippen molar-refractivity contribution in [2.24, 2.45) is 0 Å². The topological polar surface area (TPSA) is 0 Å². The zero-order valence-corrected chi connectivity index (χ0v) is 18.7. The maximum absolute atomic E-state index is 6.64. The molecular formula is C26H23ClP2. The molecule has 4 aromatic rings. The van der Waals surface area contributed by atoms with Crippen LogP contribution in [0.2, 0.25) is 5.02 Å². The lowest BCUT2D eigenvalue weighted by atomic mass is 10.4. The summed E-state index contributed by atoms with van der Waals surface area (Å²) >= 11 is 6.64. The first-order valence-electron chi connectivity index (χ1n) is 9.78. The van der Waals surface area contributed by atoms with Gasteiger partial charge < -0.3 is 0 Å². The second kappa shape index (κ2) is 10.2. The van der Waals surface area contributed by atoms with Gasteiger partial charge in [0.05, 0.1) is 0 Å². The second-order valence-corrected chi connectivity index (χ2v) is 11.8. The molecular weight excluding hydrogens is 410 g/mol. The Kier molecular flexibility index (Phi) is 7.13. The third-order valence-electron chi connectivity index (χ3n) is 4.89. The molecule has 0 N–H and O–H groups in total. The fraction of sp³-hybridized carbons (Fsp3) is 0.0769. The smallest absolute Gasteiger partial charge is 0.0486 e. The first-order chi connectivity index (χ1) is 14.3. The van der Waals surface area contributed by atoms with Crippen LogP contribution in [0.4, 0.5) is 0 Å². The van der Waals surface area contributed by atoms with Gasteiger partial charge in [-0.25, -0.2) is 0 Å². The van der Waals surface area contributed by atoms with Gasteiger partial charge in [0, 0.05) is 5.02 Å². The van der Waals surface area contributed by atoms with Gasteiger partial charge in [-0.3, -0.25) is 0 Å². The Morgan fingerprint density at radius 3 is 1.31 bits per heavy atom. The van der Waals surface area contributed by atoms with Gasteiger partial charge in [-0.2, -0.15) is 0 Å². The molecule has 0 saturated carbocycles. The van der Waals surface area contributed by atoms with Crippen LogP contribution in [0.15, 0.2) is 115 Å². The van der Waals surface area contributed by atoms with Crippen molar-refractivity contribution in [1.29, 1.82) is 0 Å². The van der Waals surface area contributed by atoms with Gasteiger partial charge in [-0.05, 0) is 55.5 Å². The van der Waals surface area contributed by atoms with Crippen LogP contribution >= 0.6 is 27.4 Å². The minimum atomic E-state index is -0.501. The van der Waals surface area contributed by atoms with Gasteiger partial charge in [0.15, 0.2) is 0 Å². The first kappa shape index (κ1) is 20.3. The van der Waals surface area contributed by atoms with E-state index < -0.39 is 15.8 Å². The summed E-state index contributed by atoms with van der Waals surface area (Å²) in [6.45, 7) is 0. The quantitative estimate of drug-likeness (QED) is 0.319. The van der Waals surface area contributed by atoms with Gasteiger partial charge in [-0.1, -0.05) is 121 Å². The Hall–Kier alpha value is -1.97. The molecule has 0 saturated heterocycles. The highest BCUT2D eigenvalue weighted by Gasteiger charge is 2.20. The Labute approximate surface area is 181 Å². The maximum Gasteiger partial charge on any atom is 0.0486 e. The fourth-order valence-electron chi connectivity index (χ4n) is 3.49. The van der Waals surface area contributed by atoms with E-state index in [4.69, 9.17) is 11.6 Å². The van der Waals surface area contributed by atoms with E-state index in [1.807, 2.05) is 12.1 Å². The van der Waals surface area contributed by atoms with Crippen LogP contribution < -0.4 is 21.2 Å². The SMILES string of the molecule is Clc1ccccc1P(CCP(c1ccccc1)c1ccccc1)c1ccccc1. The van der Waals surface area contributed by atoms with Crippen LogP contribution in [0.25, 0.3) is 0 Å². The molecule has 0 aliphatic carbocycles. The van der Waals surface area contributed by atoms with E-state index in [2.05, 4.69) is 103 Å². The third-order valence-corrected chi connectivity index (χ3v) is 10.8. The van der Waals surface area contributed by atoms with Crippen molar-refractivity contribution in [2.75, 3.05) is 12.3 Å². The van der Waals surface area contributed by atoms with E-state index in [9.17, 15) is 0 Å². The number of halogens is 1. The van der Waals surface area contributed by atoms with Gasteiger partial charge in [0.1, 0.15) is 0 Å². The zero-order valence-electron chi connectivity index (χ0n) is 16.2. The van der Waals surface area contributed by atoms with Crippen LogP contribution in [0.5, 0.6) is 0 Å². The first-order valence-corrected chi connectivity index (χ1v) is 13.2. The minimum absolute atomic E-state index is 0.401. The summed E-state index contributed by atoms with van der Waals surface area (Å²) < 4.78 is 0. The fourth-order valence-corrected chi connectivity index (χ4v) is 9.32. The Bertz CT molecular complexity index is 981. The summed E-state index contributed by atoms with van der Waals surface area (Å²) in [4.78, 5) is 0. The Balaban J connectivity index is 1.67. The van der Waals surface area contributed by atoms with E-state index in [1.165, 1.54) is 21.2 Å². The van der Waals surface area contributed by atoms with Crippen LogP contribution in [-0.4, -0.2) is 12.3 Å². The van der Waals surface area contributed by atoms with Gasteiger partial charge in [-0.15, -0.1) is 0 Å². The van der Waals surface area contributed by atoms with Gasteiger partial charge in [0.25, 0.3) is 0 Å². The molecule has 0 nitrogen and oxygen atoms in total. The van der Waals surface area contributed by atoms with Crippen LogP contribution in [-0.2, 0) is 0 Å². The van der Waals surface area contributed by atoms with E-state index in [0.717, 1.165) is 17.3 Å². The van der Waals surface area contributed by atoms with Gasteiger partial charge >= 0.3 is 0 Å². The number of hydrogen-bond donors (Lipinski definition) is 0. The van der Waals surface area contributed by atoms with Crippen LogP contribution in [0.1, 0.15) is 0 Å². The molecule has 0 bridgehead atoms. The van der Waals surface area contributed by atoms with E-state index >= 15 is 0 Å². The Morgan fingerprint density at radius 2 is 0.828 bits per heavy atom. The monoisotopic (exact) mass is 432 g/mol. The molecule has 0 spiro atoms. The van der Waals surface area contributed by atoms with Crippen molar-refractivity contribution < 1.29 is 0 Å². The molecule has 4 rings (SSSR count). The molecule has 0 fully saturated rings. The molecule has 29 heavy (non-hydrogen) atoms. The molecule has 0 aliphatic heterocycles. The molecule has 0 heterocycles. The molecule has 144 valence electrons. The highest BCUT2D eigenvalue weighted by Crippen LogP contribution is 2.42. The molecule has 0 amide bonds. The van der Waals surface area contributed by atoms with E-state index in [0.29, 0.717) is 0 Å². The van der Waals surface area contributed by atoms with E-state index in [1.54, 1.807) is 0 Å². The van der Waals surface area contributed by atoms with Crippen molar-refractivity contribution in [3.05, 3.63) is 120 Å². The van der Waals surface area contributed by atoms with Crippen molar-refractivity contribution >= 4 is 48.7 Å². The largest absolute Gasteiger partial charge is 0.0836 e. The summed E-state index contributed by atoms with van der Waals surface area (Å²) in [7, 11) is -0.901. The Morgan fingerprint density at radius 1 is 0.448 bits per heavy atom. The zero-order chi connectivity index (χ0) is 19.9. The van der Waals surface area contributed by atoms with Crippen LogP contribution in [0, 0.1) is 0 Å².